The number of rotatable bonds is 8. The van der Waals surface area contributed by atoms with Crippen LogP contribution in [0, 0.1) is 5.92 Å². The molecule has 1 atom stereocenters. The highest BCUT2D eigenvalue weighted by molar-refractivity contribution is 6.06. The molecule has 7 nitrogen and oxygen atoms in total. The maximum atomic E-state index is 12.4. The molecule has 0 radical (unpaired) electrons. The van der Waals surface area contributed by atoms with Crippen LogP contribution in [0.1, 0.15) is 32.3 Å². The van der Waals surface area contributed by atoms with Crippen LogP contribution in [0.25, 0.3) is 0 Å². The predicted molar refractivity (Wildman–Crippen MR) is 84.8 cm³/mol. The monoisotopic (exact) mass is 322 g/mol. The Bertz CT molecular complexity index is 569. The van der Waals surface area contributed by atoms with Crippen LogP contribution < -0.4 is 11.1 Å². The van der Waals surface area contributed by atoms with Gasteiger partial charge in [0.1, 0.15) is 0 Å². The number of amides is 1. The summed E-state index contributed by atoms with van der Waals surface area (Å²) in [4.78, 5) is 35.0. The average molecular weight is 322 g/mol. The van der Waals surface area contributed by atoms with Gasteiger partial charge in [-0.1, -0.05) is 26.0 Å². The lowest BCUT2D eigenvalue weighted by atomic mass is 9.91. The Morgan fingerprint density at radius 3 is 2.04 bits per heavy atom. The summed E-state index contributed by atoms with van der Waals surface area (Å²) in [5.74, 6) is -4.27. The molecule has 7 heteroatoms. The Hall–Kier alpha value is -2.57. The van der Waals surface area contributed by atoms with Gasteiger partial charge in [-0.05, 0) is 37.0 Å². The average Bonchev–Trinajstić information content (AvgIpc) is 2.51. The molecule has 0 aliphatic heterocycles. The molecule has 23 heavy (non-hydrogen) atoms. The largest absolute Gasteiger partial charge is 0.479 e. The van der Waals surface area contributed by atoms with Crippen molar-refractivity contribution in [2.45, 2.75) is 38.6 Å². The summed E-state index contributed by atoms with van der Waals surface area (Å²) >= 11 is 0. The van der Waals surface area contributed by atoms with E-state index in [1.165, 1.54) is 6.92 Å². The lowest BCUT2D eigenvalue weighted by Gasteiger charge is -2.27. The molecule has 5 N–H and O–H groups in total. The Labute approximate surface area is 134 Å². The number of hydrogen-bond donors (Lipinski definition) is 4. The maximum absolute atomic E-state index is 12.4. The van der Waals surface area contributed by atoms with Crippen LogP contribution in [0.4, 0.5) is 5.69 Å². The van der Waals surface area contributed by atoms with Crippen molar-refractivity contribution in [3.63, 3.8) is 0 Å². The van der Waals surface area contributed by atoms with E-state index in [2.05, 4.69) is 5.32 Å². The minimum atomic E-state index is -2.30. The zero-order chi connectivity index (χ0) is 17.6. The van der Waals surface area contributed by atoms with E-state index in [4.69, 9.17) is 5.73 Å². The maximum Gasteiger partial charge on any atom is 0.341 e. The van der Waals surface area contributed by atoms with Gasteiger partial charge in [-0.2, -0.15) is 0 Å². The molecule has 0 saturated heterocycles. The second-order valence-corrected chi connectivity index (χ2v) is 5.41. The SMILES string of the molecule is CCC(Cc1ccc(N)cc1)C(=O)NC(CC)(C(=O)O)C(=O)O. The molecule has 126 valence electrons. The van der Waals surface area contributed by atoms with Gasteiger partial charge in [-0.25, -0.2) is 9.59 Å². The fourth-order valence-electron chi connectivity index (χ4n) is 2.26. The molecule has 1 unspecified atom stereocenters. The highest BCUT2D eigenvalue weighted by atomic mass is 16.4. The summed E-state index contributed by atoms with van der Waals surface area (Å²) in [5, 5.41) is 20.6. The Balaban J connectivity index is 2.93. The quantitative estimate of drug-likeness (QED) is 0.421. The number of carbonyl (C=O) groups excluding carboxylic acids is 1. The van der Waals surface area contributed by atoms with Crippen molar-refractivity contribution < 1.29 is 24.6 Å². The first-order chi connectivity index (χ1) is 10.8. The van der Waals surface area contributed by atoms with Crippen LogP contribution in [0.15, 0.2) is 24.3 Å². The molecule has 0 heterocycles. The molecule has 1 rings (SSSR count). The third kappa shape index (κ3) is 4.21. The normalized spacial score (nSPS) is 12.4. The molecule has 1 aromatic carbocycles. The van der Waals surface area contributed by atoms with Crippen LogP contribution >= 0.6 is 0 Å². The molecule has 0 aromatic heterocycles. The van der Waals surface area contributed by atoms with Crippen LogP contribution in [0.2, 0.25) is 0 Å². The molecule has 0 fully saturated rings. The zero-order valence-corrected chi connectivity index (χ0v) is 13.2. The number of aliphatic carboxylic acids is 2. The number of carbonyl (C=O) groups is 3. The van der Waals surface area contributed by atoms with Crippen molar-refractivity contribution in [2.24, 2.45) is 5.92 Å². The topological polar surface area (TPSA) is 130 Å². The van der Waals surface area contributed by atoms with Crippen LogP contribution in [0.5, 0.6) is 0 Å². The first-order valence-corrected chi connectivity index (χ1v) is 7.40. The molecule has 1 aromatic rings. The summed E-state index contributed by atoms with van der Waals surface area (Å²) in [6.45, 7) is 3.19. The first-order valence-electron chi connectivity index (χ1n) is 7.40. The summed E-state index contributed by atoms with van der Waals surface area (Å²) in [6.07, 6.45) is 0.582. The second kappa shape index (κ2) is 7.62. The lowest BCUT2D eigenvalue weighted by molar-refractivity contribution is -0.162. The van der Waals surface area contributed by atoms with E-state index in [0.29, 0.717) is 18.5 Å². The molecular weight excluding hydrogens is 300 g/mol. The number of nitrogen functional groups attached to an aromatic ring is 1. The zero-order valence-electron chi connectivity index (χ0n) is 13.2. The van der Waals surface area contributed by atoms with Gasteiger partial charge in [0.05, 0.1) is 0 Å². The van der Waals surface area contributed by atoms with E-state index in [1.807, 2.05) is 0 Å². The molecule has 0 spiro atoms. The number of nitrogens with one attached hydrogen (secondary N) is 1. The molecule has 0 bridgehead atoms. The first kappa shape index (κ1) is 18.5. The number of benzene rings is 1. The molecule has 0 aliphatic carbocycles. The van der Waals surface area contributed by atoms with Crippen molar-refractivity contribution in [1.82, 2.24) is 5.32 Å². The Morgan fingerprint density at radius 1 is 1.13 bits per heavy atom. The molecular formula is C16H22N2O5. The van der Waals surface area contributed by atoms with Crippen molar-refractivity contribution in [3.8, 4) is 0 Å². The van der Waals surface area contributed by atoms with Crippen molar-refractivity contribution in [1.29, 1.82) is 0 Å². The van der Waals surface area contributed by atoms with Gasteiger partial charge >= 0.3 is 11.9 Å². The third-order valence-corrected chi connectivity index (χ3v) is 3.92. The highest BCUT2D eigenvalue weighted by Crippen LogP contribution is 2.18. The summed E-state index contributed by atoms with van der Waals surface area (Å²) < 4.78 is 0. The van der Waals surface area contributed by atoms with Gasteiger partial charge in [-0.15, -0.1) is 0 Å². The fourth-order valence-corrected chi connectivity index (χ4v) is 2.26. The second-order valence-electron chi connectivity index (χ2n) is 5.41. The van der Waals surface area contributed by atoms with Gasteiger partial charge in [0.25, 0.3) is 0 Å². The number of nitrogens with two attached hydrogens (primary N) is 1. The Morgan fingerprint density at radius 2 is 1.65 bits per heavy atom. The fraction of sp³-hybridized carbons (Fsp3) is 0.438. The van der Waals surface area contributed by atoms with Gasteiger partial charge in [0, 0.05) is 11.6 Å². The van der Waals surface area contributed by atoms with Crippen LogP contribution in [0.3, 0.4) is 0 Å². The van der Waals surface area contributed by atoms with Crippen molar-refractivity contribution in [3.05, 3.63) is 29.8 Å². The number of carboxylic acid groups (broad SMARTS) is 2. The lowest BCUT2D eigenvalue weighted by Crippen LogP contribution is -2.61. The van der Waals surface area contributed by atoms with Gasteiger partial charge in [0.15, 0.2) is 0 Å². The van der Waals surface area contributed by atoms with Crippen LogP contribution in [-0.2, 0) is 20.8 Å². The summed E-state index contributed by atoms with van der Waals surface area (Å²) in [5.41, 5.74) is 4.78. The van der Waals surface area contributed by atoms with Crippen molar-refractivity contribution in [2.75, 3.05) is 5.73 Å². The number of anilines is 1. The minimum Gasteiger partial charge on any atom is -0.479 e. The van der Waals surface area contributed by atoms with E-state index in [1.54, 1.807) is 31.2 Å². The summed E-state index contributed by atoms with van der Waals surface area (Å²) in [7, 11) is 0. The smallest absolute Gasteiger partial charge is 0.341 e. The van der Waals surface area contributed by atoms with E-state index >= 15 is 0 Å². The van der Waals surface area contributed by atoms with Gasteiger partial charge in [0.2, 0.25) is 11.4 Å². The van der Waals surface area contributed by atoms with E-state index in [0.717, 1.165) is 5.56 Å². The summed E-state index contributed by atoms with van der Waals surface area (Å²) in [6, 6.07) is 7.00. The predicted octanol–water partition coefficient (Wildman–Crippen LogP) is 1.27. The Kier molecular flexibility index (Phi) is 6.12. The van der Waals surface area contributed by atoms with Crippen molar-refractivity contribution >= 4 is 23.5 Å². The molecule has 1 amide bonds. The number of carboxylic acids is 2. The minimum absolute atomic E-state index is 0.248. The third-order valence-electron chi connectivity index (χ3n) is 3.92. The highest BCUT2D eigenvalue weighted by Gasteiger charge is 2.47. The van der Waals surface area contributed by atoms with E-state index in [9.17, 15) is 24.6 Å². The number of hydrogen-bond acceptors (Lipinski definition) is 4. The molecule has 0 saturated carbocycles. The van der Waals surface area contributed by atoms with E-state index in [-0.39, 0.29) is 6.42 Å². The standard InChI is InChI=1S/C16H22N2O5/c1-3-11(9-10-5-7-12(17)8-6-10)13(19)18-16(4-2,14(20)21)15(22)23/h5-8,11H,3-4,9,17H2,1-2H3,(H,18,19)(H,20,21)(H,22,23). The van der Waals surface area contributed by atoms with Gasteiger partial charge in [-0.3, -0.25) is 4.79 Å². The van der Waals surface area contributed by atoms with Crippen LogP contribution in [-0.4, -0.2) is 33.6 Å². The van der Waals surface area contributed by atoms with Gasteiger partial charge < -0.3 is 21.3 Å². The molecule has 0 aliphatic rings. The van der Waals surface area contributed by atoms with E-state index < -0.39 is 29.3 Å².